The van der Waals surface area contributed by atoms with Gasteiger partial charge in [0.05, 0.1) is 42.2 Å². The molecule has 2 aliphatic rings. The first-order valence-electron chi connectivity index (χ1n) is 15.3. The van der Waals surface area contributed by atoms with E-state index >= 15 is 0 Å². The SMILES string of the molecule is CCCCCOc1ccc([C@H]2C(=C(O)c3ccc4c(c3)C[C@@H](C)O4)C(=O)C(=O)N2c2nc3ccc(OCC)cc3s2)cc1OC. The zero-order valence-electron chi connectivity index (χ0n) is 25.8. The van der Waals surface area contributed by atoms with Crippen molar-refractivity contribution in [3.05, 3.63) is 76.9 Å². The van der Waals surface area contributed by atoms with E-state index in [1.54, 1.807) is 37.4 Å². The highest BCUT2D eigenvalue weighted by Gasteiger charge is 2.48. The maximum absolute atomic E-state index is 13.8. The molecular weight excluding hydrogens is 592 g/mol. The number of aromatic nitrogens is 1. The van der Waals surface area contributed by atoms with Crippen LogP contribution in [0.1, 0.15) is 62.8 Å². The molecule has 2 aliphatic heterocycles. The molecule has 1 aromatic heterocycles. The normalized spacial score (nSPS) is 18.7. The third-order valence-electron chi connectivity index (χ3n) is 7.99. The van der Waals surface area contributed by atoms with Gasteiger partial charge in [-0.25, -0.2) is 4.98 Å². The van der Waals surface area contributed by atoms with Crippen molar-refractivity contribution >= 4 is 44.1 Å². The number of carbonyl (C=O) groups excluding carboxylic acids is 2. The summed E-state index contributed by atoms with van der Waals surface area (Å²) in [6.07, 6.45) is 3.74. The zero-order chi connectivity index (χ0) is 31.7. The first kappa shape index (κ1) is 30.5. The number of benzene rings is 3. The lowest BCUT2D eigenvalue weighted by Crippen LogP contribution is -2.29. The van der Waals surface area contributed by atoms with Crippen LogP contribution in [0.4, 0.5) is 5.13 Å². The van der Waals surface area contributed by atoms with Crippen LogP contribution in [0.25, 0.3) is 16.0 Å². The molecule has 2 atom stereocenters. The van der Waals surface area contributed by atoms with Crippen molar-refractivity contribution in [1.29, 1.82) is 0 Å². The van der Waals surface area contributed by atoms with E-state index in [1.807, 2.05) is 38.1 Å². The average molecular weight is 629 g/mol. The van der Waals surface area contributed by atoms with E-state index in [1.165, 1.54) is 16.2 Å². The number of Topliss-reactive ketones (excluding diaryl/α,β-unsaturated/α-hetero) is 1. The molecular formula is C35H36N2O7S. The summed E-state index contributed by atoms with van der Waals surface area (Å²) in [5.74, 6) is 0.624. The maximum Gasteiger partial charge on any atom is 0.301 e. The first-order chi connectivity index (χ1) is 21.8. The van der Waals surface area contributed by atoms with Crippen molar-refractivity contribution in [2.75, 3.05) is 25.2 Å². The van der Waals surface area contributed by atoms with Crippen molar-refractivity contribution in [1.82, 2.24) is 4.98 Å². The second kappa shape index (κ2) is 12.8. The molecule has 1 N–H and O–H groups in total. The number of aliphatic hydroxyl groups is 1. The third-order valence-corrected chi connectivity index (χ3v) is 9.01. The molecule has 9 nitrogen and oxygen atoms in total. The Morgan fingerprint density at radius 3 is 2.67 bits per heavy atom. The molecule has 0 aliphatic carbocycles. The van der Waals surface area contributed by atoms with Crippen LogP contribution < -0.4 is 23.8 Å². The van der Waals surface area contributed by atoms with E-state index in [9.17, 15) is 14.7 Å². The van der Waals surface area contributed by atoms with Gasteiger partial charge in [-0.3, -0.25) is 14.5 Å². The molecule has 0 unspecified atom stereocenters. The molecule has 4 aromatic rings. The number of fused-ring (bicyclic) bond motifs is 2. The molecule has 234 valence electrons. The predicted octanol–water partition coefficient (Wildman–Crippen LogP) is 7.22. The maximum atomic E-state index is 13.8. The molecule has 6 rings (SSSR count). The Hall–Kier alpha value is -4.57. The highest BCUT2D eigenvalue weighted by atomic mass is 32.1. The summed E-state index contributed by atoms with van der Waals surface area (Å²) in [5, 5.41) is 12.1. The summed E-state index contributed by atoms with van der Waals surface area (Å²) in [7, 11) is 1.55. The fourth-order valence-corrected chi connectivity index (χ4v) is 6.85. The van der Waals surface area contributed by atoms with Gasteiger partial charge in [-0.2, -0.15) is 0 Å². The Balaban J connectivity index is 1.47. The number of amides is 1. The van der Waals surface area contributed by atoms with Gasteiger partial charge in [0, 0.05) is 12.0 Å². The number of methoxy groups -OCH3 is 1. The van der Waals surface area contributed by atoms with Crippen molar-refractivity contribution in [2.45, 2.75) is 58.6 Å². The molecule has 0 bridgehead atoms. The molecule has 1 saturated heterocycles. The minimum absolute atomic E-state index is 0.0143. The van der Waals surface area contributed by atoms with Crippen molar-refractivity contribution < 1.29 is 33.6 Å². The average Bonchev–Trinajstić information content (AvgIpc) is 3.70. The van der Waals surface area contributed by atoms with Gasteiger partial charge in [-0.1, -0.05) is 37.2 Å². The molecule has 0 spiro atoms. The Labute approximate surface area is 266 Å². The minimum atomic E-state index is -0.969. The minimum Gasteiger partial charge on any atom is -0.507 e. The first-order valence-corrected chi connectivity index (χ1v) is 16.1. The summed E-state index contributed by atoms with van der Waals surface area (Å²) in [5.41, 5.74) is 2.57. The second-order valence-electron chi connectivity index (χ2n) is 11.1. The van der Waals surface area contributed by atoms with Gasteiger partial charge in [-0.15, -0.1) is 0 Å². The number of ether oxygens (including phenoxy) is 4. The highest BCUT2D eigenvalue weighted by molar-refractivity contribution is 7.22. The van der Waals surface area contributed by atoms with E-state index in [2.05, 4.69) is 6.92 Å². The second-order valence-corrected chi connectivity index (χ2v) is 12.2. The van der Waals surface area contributed by atoms with Crippen LogP contribution in [0.5, 0.6) is 23.0 Å². The summed E-state index contributed by atoms with van der Waals surface area (Å²) in [6, 6.07) is 15.2. The molecule has 10 heteroatoms. The number of unbranched alkanes of at least 4 members (excludes halogenated alkanes) is 2. The smallest absolute Gasteiger partial charge is 0.301 e. The van der Waals surface area contributed by atoms with Crippen molar-refractivity contribution in [3.8, 4) is 23.0 Å². The molecule has 1 amide bonds. The topological polar surface area (TPSA) is 107 Å². The van der Waals surface area contributed by atoms with Crippen LogP contribution in [-0.2, 0) is 16.0 Å². The van der Waals surface area contributed by atoms with Crippen LogP contribution in [0.15, 0.2) is 60.2 Å². The number of nitrogens with zero attached hydrogens (tertiary/aromatic N) is 2. The van der Waals surface area contributed by atoms with E-state index < -0.39 is 17.7 Å². The lowest BCUT2D eigenvalue weighted by Gasteiger charge is -2.24. The number of anilines is 1. The number of carbonyl (C=O) groups is 2. The molecule has 45 heavy (non-hydrogen) atoms. The standard InChI is InChI=1S/C35H36N2O7S/c1-5-7-8-15-43-27-14-9-21(18-28(27)41-4)31-30(32(38)22-10-13-26-23(17-22)16-20(3)44-26)33(39)34(40)37(31)35-36-25-12-11-24(42-6-2)19-29(25)45-35/h9-14,17-20,31,38H,5-8,15-16H2,1-4H3/t20-,31+/m1/s1. The highest BCUT2D eigenvalue weighted by Crippen LogP contribution is 2.46. The third kappa shape index (κ3) is 5.82. The van der Waals surface area contributed by atoms with E-state index in [0.717, 1.165) is 35.3 Å². The summed E-state index contributed by atoms with van der Waals surface area (Å²) in [4.78, 5) is 33.8. The number of rotatable bonds is 11. The van der Waals surface area contributed by atoms with Crippen LogP contribution in [-0.4, -0.2) is 48.2 Å². The summed E-state index contributed by atoms with van der Waals surface area (Å²) >= 11 is 1.28. The van der Waals surface area contributed by atoms with Gasteiger partial charge < -0.3 is 24.1 Å². The number of aliphatic hydroxyl groups excluding tert-OH is 1. The number of ketones is 1. The lowest BCUT2D eigenvalue weighted by molar-refractivity contribution is -0.132. The quantitative estimate of drug-likeness (QED) is 0.0803. The van der Waals surface area contributed by atoms with Gasteiger partial charge >= 0.3 is 5.91 Å². The van der Waals surface area contributed by atoms with Gasteiger partial charge in [0.25, 0.3) is 5.78 Å². The van der Waals surface area contributed by atoms with E-state index in [4.69, 9.17) is 23.9 Å². The zero-order valence-corrected chi connectivity index (χ0v) is 26.6. The molecule has 0 saturated carbocycles. The molecule has 3 aromatic carbocycles. The van der Waals surface area contributed by atoms with Gasteiger partial charge in [0.1, 0.15) is 23.4 Å². The lowest BCUT2D eigenvalue weighted by atomic mass is 9.94. The van der Waals surface area contributed by atoms with Crippen LogP contribution in [0.3, 0.4) is 0 Å². The van der Waals surface area contributed by atoms with Crippen LogP contribution in [0, 0.1) is 0 Å². The molecule has 0 radical (unpaired) electrons. The Kier molecular flexibility index (Phi) is 8.67. The largest absolute Gasteiger partial charge is 0.507 e. The van der Waals surface area contributed by atoms with Gasteiger partial charge in [0.2, 0.25) is 0 Å². The monoisotopic (exact) mass is 628 g/mol. The summed E-state index contributed by atoms with van der Waals surface area (Å²) in [6.45, 7) is 7.07. The van der Waals surface area contributed by atoms with E-state index in [0.29, 0.717) is 58.7 Å². The Morgan fingerprint density at radius 1 is 1.04 bits per heavy atom. The van der Waals surface area contributed by atoms with Gasteiger partial charge in [-0.05, 0) is 79.9 Å². The van der Waals surface area contributed by atoms with Gasteiger partial charge in [0.15, 0.2) is 16.6 Å². The number of hydrogen-bond donors (Lipinski definition) is 1. The summed E-state index contributed by atoms with van der Waals surface area (Å²) < 4.78 is 24.0. The molecule has 3 heterocycles. The van der Waals surface area contributed by atoms with Crippen molar-refractivity contribution in [2.24, 2.45) is 0 Å². The number of thiazole rings is 1. The molecule has 1 fully saturated rings. The van der Waals surface area contributed by atoms with Crippen molar-refractivity contribution in [3.63, 3.8) is 0 Å². The van der Waals surface area contributed by atoms with Crippen LogP contribution >= 0.6 is 11.3 Å². The fourth-order valence-electron chi connectivity index (χ4n) is 5.83. The fraction of sp³-hybridized carbons (Fsp3) is 0.343. The Morgan fingerprint density at radius 2 is 1.89 bits per heavy atom. The predicted molar refractivity (Wildman–Crippen MR) is 174 cm³/mol. The Bertz CT molecular complexity index is 1800. The van der Waals surface area contributed by atoms with Crippen LogP contribution in [0.2, 0.25) is 0 Å². The van der Waals surface area contributed by atoms with E-state index in [-0.39, 0.29) is 17.4 Å². The number of hydrogen-bond acceptors (Lipinski definition) is 9.